The first-order chi connectivity index (χ1) is 12.5. The third-order valence-electron chi connectivity index (χ3n) is 4.83. The molecule has 3 nitrogen and oxygen atoms in total. The summed E-state index contributed by atoms with van der Waals surface area (Å²) in [4.78, 5) is 6.80. The zero-order valence-electron chi connectivity index (χ0n) is 14.9. The standard InChI is InChI=1S/C20H20F4N2O/c1-18(2,14-4-3-5-15(21)9-14)12-19(27,20(22,23)24)10-16-8-13-6-7-25-11-17(13)26-16/h3-9,11,26-27H,10,12H2,1-2H3. The number of rotatable bonds is 5. The van der Waals surface area contributed by atoms with Gasteiger partial charge >= 0.3 is 6.18 Å². The summed E-state index contributed by atoms with van der Waals surface area (Å²) in [6.45, 7) is 3.13. The molecule has 3 rings (SSSR count). The van der Waals surface area contributed by atoms with E-state index >= 15 is 0 Å². The molecule has 0 saturated heterocycles. The topological polar surface area (TPSA) is 48.9 Å². The highest BCUT2D eigenvalue weighted by Gasteiger charge is 2.56. The molecule has 0 amide bonds. The molecule has 1 atom stereocenters. The van der Waals surface area contributed by atoms with Crippen LogP contribution in [0.1, 0.15) is 31.5 Å². The van der Waals surface area contributed by atoms with Gasteiger partial charge in [-0.2, -0.15) is 13.2 Å². The van der Waals surface area contributed by atoms with Crippen molar-refractivity contribution >= 4 is 10.9 Å². The first-order valence-corrected chi connectivity index (χ1v) is 8.47. The second kappa shape index (κ2) is 6.64. The van der Waals surface area contributed by atoms with Crippen molar-refractivity contribution in [3.8, 4) is 0 Å². The number of aromatic amines is 1. The van der Waals surface area contributed by atoms with Crippen molar-refractivity contribution in [2.24, 2.45) is 0 Å². The molecule has 0 spiro atoms. The normalized spacial score (nSPS) is 15.1. The average molecular weight is 380 g/mol. The second-order valence-corrected chi connectivity index (χ2v) is 7.53. The smallest absolute Gasteiger partial charge is 0.380 e. The average Bonchev–Trinajstić information content (AvgIpc) is 2.95. The Bertz CT molecular complexity index is 915. The number of hydrogen-bond acceptors (Lipinski definition) is 2. The van der Waals surface area contributed by atoms with Crippen LogP contribution in [0.25, 0.3) is 10.9 Å². The van der Waals surface area contributed by atoms with E-state index in [4.69, 9.17) is 0 Å². The Kier molecular flexibility index (Phi) is 4.76. The number of alkyl halides is 3. The van der Waals surface area contributed by atoms with E-state index in [9.17, 15) is 22.7 Å². The Morgan fingerprint density at radius 1 is 1.11 bits per heavy atom. The summed E-state index contributed by atoms with van der Waals surface area (Å²) < 4.78 is 55.0. The highest BCUT2D eigenvalue weighted by molar-refractivity contribution is 5.79. The summed E-state index contributed by atoms with van der Waals surface area (Å²) in [5, 5.41) is 11.4. The van der Waals surface area contributed by atoms with Crippen LogP contribution in [0.5, 0.6) is 0 Å². The predicted molar refractivity (Wildman–Crippen MR) is 94.8 cm³/mol. The summed E-state index contributed by atoms with van der Waals surface area (Å²) in [5.41, 5.74) is -2.82. The third kappa shape index (κ3) is 3.98. The third-order valence-corrected chi connectivity index (χ3v) is 4.83. The highest BCUT2D eigenvalue weighted by atomic mass is 19.4. The maximum absolute atomic E-state index is 13.8. The summed E-state index contributed by atoms with van der Waals surface area (Å²) in [5.74, 6) is -0.528. The Morgan fingerprint density at radius 3 is 2.48 bits per heavy atom. The monoisotopic (exact) mass is 380 g/mol. The highest BCUT2D eigenvalue weighted by Crippen LogP contribution is 2.43. The number of hydrogen-bond donors (Lipinski definition) is 2. The fourth-order valence-electron chi connectivity index (χ4n) is 3.45. The van der Waals surface area contributed by atoms with Crippen molar-refractivity contribution in [1.29, 1.82) is 0 Å². The number of fused-ring (bicyclic) bond motifs is 1. The maximum atomic E-state index is 13.8. The molecule has 3 aromatic rings. The van der Waals surface area contributed by atoms with Gasteiger partial charge in [0.05, 0.1) is 11.7 Å². The maximum Gasteiger partial charge on any atom is 0.417 e. The van der Waals surface area contributed by atoms with E-state index in [-0.39, 0.29) is 5.69 Å². The molecule has 0 saturated carbocycles. The van der Waals surface area contributed by atoms with Crippen molar-refractivity contribution < 1.29 is 22.7 Å². The number of aromatic nitrogens is 2. The summed E-state index contributed by atoms with van der Waals surface area (Å²) in [6, 6.07) is 8.69. The zero-order valence-corrected chi connectivity index (χ0v) is 14.9. The molecule has 0 radical (unpaired) electrons. The molecular formula is C20H20F4N2O. The van der Waals surface area contributed by atoms with Crippen LogP contribution in [0.15, 0.2) is 48.8 Å². The number of nitrogens with one attached hydrogen (secondary N) is 1. The molecule has 0 aliphatic heterocycles. The molecule has 1 aromatic carbocycles. The molecule has 0 aliphatic carbocycles. The van der Waals surface area contributed by atoms with Gasteiger partial charge in [0, 0.05) is 23.7 Å². The molecule has 2 heterocycles. The largest absolute Gasteiger partial charge is 0.417 e. The molecule has 2 aromatic heterocycles. The van der Waals surface area contributed by atoms with E-state index in [1.165, 1.54) is 24.4 Å². The van der Waals surface area contributed by atoms with Crippen molar-refractivity contribution in [2.45, 2.75) is 43.9 Å². The fourth-order valence-corrected chi connectivity index (χ4v) is 3.45. The van der Waals surface area contributed by atoms with E-state index in [0.717, 1.165) is 0 Å². The van der Waals surface area contributed by atoms with Gasteiger partial charge in [-0.05, 0) is 41.7 Å². The van der Waals surface area contributed by atoms with Gasteiger partial charge in [-0.1, -0.05) is 26.0 Å². The van der Waals surface area contributed by atoms with Crippen molar-refractivity contribution in [3.63, 3.8) is 0 Å². The first-order valence-electron chi connectivity index (χ1n) is 8.47. The molecule has 27 heavy (non-hydrogen) atoms. The summed E-state index contributed by atoms with van der Waals surface area (Å²) in [6.07, 6.45) is -3.04. The van der Waals surface area contributed by atoms with E-state index < -0.39 is 35.9 Å². The van der Waals surface area contributed by atoms with Crippen LogP contribution < -0.4 is 0 Å². The lowest BCUT2D eigenvalue weighted by atomic mass is 9.73. The second-order valence-electron chi connectivity index (χ2n) is 7.53. The number of nitrogens with zero attached hydrogens (tertiary/aromatic N) is 1. The minimum atomic E-state index is -4.85. The van der Waals surface area contributed by atoms with Crippen LogP contribution >= 0.6 is 0 Å². The van der Waals surface area contributed by atoms with Crippen LogP contribution in [-0.4, -0.2) is 26.9 Å². The lowest BCUT2D eigenvalue weighted by molar-refractivity contribution is -0.266. The Morgan fingerprint density at radius 2 is 1.85 bits per heavy atom. The number of H-pyrrole nitrogens is 1. The Labute approximate surface area is 154 Å². The van der Waals surface area contributed by atoms with Crippen molar-refractivity contribution in [1.82, 2.24) is 9.97 Å². The minimum absolute atomic E-state index is 0.257. The predicted octanol–water partition coefficient (Wildman–Crippen LogP) is 4.91. The van der Waals surface area contributed by atoms with Crippen LogP contribution in [0.2, 0.25) is 0 Å². The first kappa shape index (κ1) is 19.4. The number of benzene rings is 1. The van der Waals surface area contributed by atoms with E-state index in [0.29, 0.717) is 16.5 Å². The van der Waals surface area contributed by atoms with E-state index in [2.05, 4.69) is 9.97 Å². The Hall–Kier alpha value is -2.41. The van der Waals surface area contributed by atoms with Crippen LogP contribution in [0, 0.1) is 5.82 Å². The molecule has 2 N–H and O–H groups in total. The van der Waals surface area contributed by atoms with Crippen molar-refractivity contribution in [3.05, 3.63) is 65.9 Å². The van der Waals surface area contributed by atoms with Gasteiger partial charge in [0.15, 0.2) is 5.60 Å². The number of aliphatic hydroxyl groups is 1. The lowest BCUT2D eigenvalue weighted by Crippen LogP contribution is -2.50. The summed E-state index contributed by atoms with van der Waals surface area (Å²) in [7, 11) is 0. The van der Waals surface area contributed by atoms with E-state index in [1.54, 1.807) is 38.2 Å². The van der Waals surface area contributed by atoms with Gasteiger partial charge < -0.3 is 10.1 Å². The number of pyridine rings is 1. The van der Waals surface area contributed by atoms with Crippen LogP contribution in [0.3, 0.4) is 0 Å². The SMILES string of the molecule is CC(C)(CC(O)(Cc1cc2ccncc2[nH]1)C(F)(F)F)c1cccc(F)c1. The fraction of sp³-hybridized carbons (Fsp3) is 0.350. The molecule has 144 valence electrons. The van der Waals surface area contributed by atoms with Gasteiger partial charge in [0.1, 0.15) is 5.82 Å². The van der Waals surface area contributed by atoms with Crippen LogP contribution in [-0.2, 0) is 11.8 Å². The molecule has 7 heteroatoms. The molecule has 0 bridgehead atoms. The molecule has 0 aliphatic rings. The Balaban J connectivity index is 1.94. The summed E-state index contributed by atoms with van der Waals surface area (Å²) >= 11 is 0. The van der Waals surface area contributed by atoms with Gasteiger partial charge in [0.25, 0.3) is 0 Å². The molecule has 0 fully saturated rings. The molecular weight excluding hydrogens is 360 g/mol. The van der Waals surface area contributed by atoms with E-state index in [1.807, 2.05) is 0 Å². The quantitative estimate of drug-likeness (QED) is 0.618. The van der Waals surface area contributed by atoms with Crippen molar-refractivity contribution in [2.75, 3.05) is 0 Å². The van der Waals surface area contributed by atoms with Gasteiger partial charge in [-0.3, -0.25) is 4.98 Å². The molecule has 1 unspecified atom stereocenters. The van der Waals surface area contributed by atoms with Crippen LogP contribution in [0.4, 0.5) is 17.6 Å². The number of halogens is 4. The van der Waals surface area contributed by atoms with Gasteiger partial charge in [-0.15, -0.1) is 0 Å². The minimum Gasteiger partial charge on any atom is -0.380 e. The van der Waals surface area contributed by atoms with Gasteiger partial charge in [0.2, 0.25) is 0 Å². The lowest BCUT2D eigenvalue weighted by Gasteiger charge is -2.38. The zero-order chi connectivity index (χ0) is 19.9. The van der Waals surface area contributed by atoms with Gasteiger partial charge in [-0.25, -0.2) is 4.39 Å².